The number of ether oxygens (including phenoxy) is 1. The molecule has 0 spiro atoms. The summed E-state index contributed by atoms with van der Waals surface area (Å²) in [7, 11) is -1.31. The van der Waals surface area contributed by atoms with Crippen molar-refractivity contribution >= 4 is 21.8 Å². The van der Waals surface area contributed by atoms with Crippen molar-refractivity contribution in [3.63, 3.8) is 0 Å². The van der Waals surface area contributed by atoms with Crippen LogP contribution in [-0.2, 0) is 28.7 Å². The van der Waals surface area contributed by atoms with Crippen LogP contribution in [0.2, 0.25) is 0 Å². The van der Waals surface area contributed by atoms with Crippen molar-refractivity contribution in [1.29, 1.82) is 0 Å². The lowest BCUT2D eigenvalue weighted by atomic mass is 10.2. The predicted octanol–water partition coefficient (Wildman–Crippen LogP) is -0.473. The second kappa shape index (κ2) is 5.66. The molecular formula is C7H13NO6S. The first-order valence-corrected chi connectivity index (χ1v) is 5.71. The van der Waals surface area contributed by atoms with E-state index in [2.05, 4.69) is 18.9 Å². The molecule has 0 N–H and O–H groups in total. The van der Waals surface area contributed by atoms with E-state index in [1.807, 2.05) is 0 Å². The fourth-order valence-corrected chi connectivity index (χ4v) is 1.40. The molecule has 8 heteroatoms. The Morgan fingerprint density at radius 2 is 1.87 bits per heavy atom. The SMILES string of the molecule is CON=C(C(=O)OC)C(C)OS(C)(=O)=O. The van der Waals surface area contributed by atoms with Gasteiger partial charge in [-0.3, -0.25) is 4.18 Å². The summed E-state index contributed by atoms with van der Waals surface area (Å²) in [4.78, 5) is 15.5. The molecule has 1 atom stereocenters. The first-order chi connectivity index (χ1) is 6.81. The summed E-state index contributed by atoms with van der Waals surface area (Å²) < 4.78 is 30.5. The summed E-state index contributed by atoms with van der Waals surface area (Å²) in [5, 5.41) is 3.33. The minimum atomic E-state index is -3.67. The van der Waals surface area contributed by atoms with Gasteiger partial charge in [-0.25, -0.2) is 4.79 Å². The number of hydrogen-bond acceptors (Lipinski definition) is 7. The van der Waals surface area contributed by atoms with E-state index in [0.29, 0.717) is 0 Å². The molecule has 1 unspecified atom stereocenters. The summed E-state index contributed by atoms with van der Waals surface area (Å²) >= 11 is 0. The molecule has 0 saturated heterocycles. The Hall–Kier alpha value is -1.15. The standard InChI is InChI=1S/C7H13NO6S/c1-5(14-15(4,10)11)6(8-13-3)7(9)12-2/h5H,1-4H3. The first-order valence-electron chi connectivity index (χ1n) is 3.89. The minimum absolute atomic E-state index is 0.259. The van der Waals surface area contributed by atoms with E-state index >= 15 is 0 Å². The Balaban J connectivity index is 4.80. The molecule has 0 aliphatic carbocycles. The Bertz CT molecular complexity index is 346. The highest BCUT2D eigenvalue weighted by Crippen LogP contribution is 2.02. The van der Waals surface area contributed by atoms with Crippen LogP contribution in [0.15, 0.2) is 5.16 Å². The van der Waals surface area contributed by atoms with Gasteiger partial charge in [-0.15, -0.1) is 0 Å². The van der Waals surface area contributed by atoms with Gasteiger partial charge in [0.2, 0.25) is 0 Å². The third kappa shape index (κ3) is 5.33. The molecule has 0 radical (unpaired) electrons. The number of nitrogens with zero attached hydrogens (tertiary/aromatic N) is 1. The van der Waals surface area contributed by atoms with Gasteiger partial charge in [0, 0.05) is 0 Å². The number of methoxy groups -OCH3 is 1. The van der Waals surface area contributed by atoms with Crippen LogP contribution in [0.4, 0.5) is 0 Å². The lowest BCUT2D eigenvalue weighted by molar-refractivity contribution is -0.133. The van der Waals surface area contributed by atoms with E-state index in [1.54, 1.807) is 0 Å². The number of carbonyl (C=O) groups is 1. The molecule has 0 rings (SSSR count). The zero-order chi connectivity index (χ0) is 12.1. The maximum atomic E-state index is 11.1. The van der Waals surface area contributed by atoms with Crippen LogP contribution in [0.1, 0.15) is 6.92 Å². The summed E-state index contributed by atoms with van der Waals surface area (Å²) in [5.74, 6) is -0.812. The van der Waals surface area contributed by atoms with Gasteiger partial charge in [0.05, 0.1) is 13.4 Å². The lowest BCUT2D eigenvalue weighted by Crippen LogP contribution is -2.31. The fourth-order valence-electron chi connectivity index (χ4n) is 0.788. The molecule has 0 saturated carbocycles. The number of hydrogen-bond donors (Lipinski definition) is 0. The first kappa shape index (κ1) is 13.8. The van der Waals surface area contributed by atoms with Gasteiger partial charge in [0.15, 0.2) is 5.71 Å². The zero-order valence-electron chi connectivity index (χ0n) is 8.88. The van der Waals surface area contributed by atoms with E-state index in [0.717, 1.165) is 13.4 Å². The summed E-state index contributed by atoms with van der Waals surface area (Å²) in [5.41, 5.74) is -0.259. The van der Waals surface area contributed by atoms with Gasteiger partial charge < -0.3 is 9.57 Å². The number of esters is 1. The van der Waals surface area contributed by atoms with Gasteiger partial charge >= 0.3 is 5.97 Å². The molecule has 0 aliphatic rings. The largest absolute Gasteiger partial charge is 0.464 e. The lowest BCUT2D eigenvalue weighted by Gasteiger charge is -2.11. The summed E-state index contributed by atoms with van der Waals surface area (Å²) in [6, 6.07) is 0. The molecule has 0 heterocycles. The number of carbonyl (C=O) groups excluding carboxylic acids is 1. The normalized spacial score (nSPS) is 14.5. The van der Waals surface area contributed by atoms with Crippen LogP contribution in [0, 0.1) is 0 Å². The molecule has 0 fully saturated rings. The Morgan fingerprint density at radius 3 is 2.20 bits per heavy atom. The predicted molar refractivity (Wildman–Crippen MR) is 51.9 cm³/mol. The average molecular weight is 239 g/mol. The maximum absolute atomic E-state index is 11.1. The van der Waals surface area contributed by atoms with Crippen molar-refractivity contribution in [3.8, 4) is 0 Å². The third-order valence-corrected chi connectivity index (χ3v) is 1.93. The summed E-state index contributed by atoms with van der Waals surface area (Å²) in [6.45, 7) is 1.34. The molecule has 0 aromatic heterocycles. The van der Waals surface area contributed by atoms with Gasteiger partial charge in [0.1, 0.15) is 13.2 Å². The molecule has 88 valence electrons. The molecule has 0 bridgehead atoms. The fraction of sp³-hybridized carbons (Fsp3) is 0.714. The van der Waals surface area contributed by atoms with E-state index in [-0.39, 0.29) is 5.71 Å². The van der Waals surface area contributed by atoms with Crippen molar-refractivity contribution in [1.82, 2.24) is 0 Å². The van der Waals surface area contributed by atoms with E-state index < -0.39 is 22.2 Å². The molecule has 0 aromatic carbocycles. The van der Waals surface area contributed by atoms with Crippen LogP contribution in [0.5, 0.6) is 0 Å². The quantitative estimate of drug-likeness (QED) is 0.279. The van der Waals surface area contributed by atoms with Crippen LogP contribution >= 0.6 is 0 Å². The molecule has 0 aromatic rings. The van der Waals surface area contributed by atoms with Gasteiger partial charge in [-0.05, 0) is 6.92 Å². The van der Waals surface area contributed by atoms with Gasteiger partial charge in [-0.1, -0.05) is 5.16 Å². The highest BCUT2D eigenvalue weighted by atomic mass is 32.2. The van der Waals surface area contributed by atoms with Crippen LogP contribution < -0.4 is 0 Å². The molecule has 0 aliphatic heterocycles. The van der Waals surface area contributed by atoms with E-state index in [9.17, 15) is 13.2 Å². The third-order valence-electron chi connectivity index (χ3n) is 1.29. The zero-order valence-corrected chi connectivity index (χ0v) is 9.70. The molecular weight excluding hydrogens is 226 g/mol. The highest BCUT2D eigenvalue weighted by Gasteiger charge is 2.24. The second-order valence-corrected chi connectivity index (χ2v) is 4.19. The van der Waals surface area contributed by atoms with Crippen LogP contribution in [-0.4, -0.2) is 46.7 Å². The Kier molecular flexibility index (Phi) is 5.23. The average Bonchev–Trinajstić information content (AvgIpc) is 2.10. The Labute approximate surface area is 88.1 Å². The van der Waals surface area contributed by atoms with Gasteiger partial charge in [0.25, 0.3) is 10.1 Å². The van der Waals surface area contributed by atoms with E-state index in [4.69, 9.17) is 0 Å². The van der Waals surface area contributed by atoms with Crippen LogP contribution in [0.3, 0.4) is 0 Å². The molecule has 0 amide bonds. The maximum Gasteiger partial charge on any atom is 0.358 e. The van der Waals surface area contributed by atoms with Crippen LogP contribution in [0.25, 0.3) is 0 Å². The van der Waals surface area contributed by atoms with Crippen molar-refractivity contribution < 1.29 is 27.0 Å². The monoisotopic (exact) mass is 239 g/mol. The Morgan fingerprint density at radius 1 is 1.33 bits per heavy atom. The van der Waals surface area contributed by atoms with Crippen molar-refractivity contribution in [3.05, 3.63) is 0 Å². The molecule has 7 nitrogen and oxygen atoms in total. The van der Waals surface area contributed by atoms with Crippen molar-refractivity contribution in [2.45, 2.75) is 13.0 Å². The van der Waals surface area contributed by atoms with Gasteiger partial charge in [-0.2, -0.15) is 8.42 Å². The van der Waals surface area contributed by atoms with Crippen molar-refractivity contribution in [2.24, 2.45) is 5.16 Å². The minimum Gasteiger partial charge on any atom is -0.464 e. The molecule has 15 heavy (non-hydrogen) atoms. The van der Waals surface area contributed by atoms with Crippen molar-refractivity contribution in [2.75, 3.05) is 20.5 Å². The number of rotatable bonds is 5. The second-order valence-electron chi connectivity index (χ2n) is 2.59. The number of oxime groups is 1. The highest BCUT2D eigenvalue weighted by molar-refractivity contribution is 7.86. The topological polar surface area (TPSA) is 91.3 Å². The smallest absolute Gasteiger partial charge is 0.358 e. The van der Waals surface area contributed by atoms with E-state index in [1.165, 1.54) is 14.0 Å². The summed E-state index contributed by atoms with van der Waals surface area (Å²) in [6.07, 6.45) is -0.196.